The maximum absolute atomic E-state index is 12.6. The molecule has 0 unspecified atom stereocenters. The topological polar surface area (TPSA) is 52.7 Å². The lowest BCUT2D eigenvalue weighted by Crippen LogP contribution is -2.36. The van der Waals surface area contributed by atoms with Crippen LogP contribution in [0.25, 0.3) is 6.08 Å². The minimum Gasteiger partial charge on any atom is -0.341 e. The van der Waals surface area contributed by atoms with Crippen LogP contribution < -0.4 is 5.32 Å². The van der Waals surface area contributed by atoms with Gasteiger partial charge in [0.25, 0.3) is 0 Å². The van der Waals surface area contributed by atoms with E-state index in [9.17, 15) is 9.59 Å². The van der Waals surface area contributed by atoms with Crippen LogP contribution >= 0.6 is 23.2 Å². The highest BCUT2D eigenvalue weighted by Crippen LogP contribution is 2.23. The molecule has 1 saturated carbocycles. The molecule has 31 heavy (non-hydrogen) atoms. The second-order valence-corrected chi connectivity index (χ2v) is 9.34. The van der Waals surface area contributed by atoms with E-state index in [1.807, 2.05) is 11.0 Å². The average Bonchev–Trinajstić information content (AvgIpc) is 2.96. The van der Waals surface area contributed by atoms with E-state index in [1.54, 1.807) is 23.1 Å². The number of halogens is 2. The molecule has 2 aliphatic rings. The Morgan fingerprint density at radius 2 is 1.90 bits per heavy atom. The van der Waals surface area contributed by atoms with Gasteiger partial charge in [-0.15, -0.1) is 0 Å². The minimum absolute atomic E-state index is 0.0881. The second-order valence-electron chi connectivity index (χ2n) is 8.52. The first-order valence-electron chi connectivity index (χ1n) is 11.4. The Labute approximate surface area is 195 Å². The number of carbonyl (C=O) groups excluding carboxylic acids is 2. The van der Waals surface area contributed by atoms with Crippen molar-refractivity contribution < 1.29 is 9.59 Å². The number of hydrogen-bond acceptors (Lipinski definition) is 3. The molecule has 0 atom stereocenters. The Bertz CT molecular complexity index is 778. The highest BCUT2D eigenvalue weighted by atomic mass is 35.5. The fraction of sp³-hybridized carbons (Fsp3) is 0.583. The zero-order valence-electron chi connectivity index (χ0n) is 18.1. The van der Waals surface area contributed by atoms with Gasteiger partial charge in [0.1, 0.15) is 0 Å². The molecule has 170 valence electrons. The molecule has 0 spiro atoms. The summed E-state index contributed by atoms with van der Waals surface area (Å²) in [5, 5.41) is 4.51. The lowest BCUT2D eigenvalue weighted by atomic mass is 9.89. The quantitative estimate of drug-likeness (QED) is 0.449. The third-order valence-electron chi connectivity index (χ3n) is 6.20. The first-order valence-corrected chi connectivity index (χ1v) is 12.2. The van der Waals surface area contributed by atoms with E-state index in [1.165, 1.54) is 38.2 Å². The van der Waals surface area contributed by atoms with E-state index in [0.29, 0.717) is 36.1 Å². The van der Waals surface area contributed by atoms with E-state index in [4.69, 9.17) is 23.2 Å². The molecule has 1 aliphatic carbocycles. The molecule has 1 aromatic rings. The predicted octanol–water partition coefficient (Wildman–Crippen LogP) is 4.63. The molecule has 0 bridgehead atoms. The molecule has 1 aromatic carbocycles. The van der Waals surface area contributed by atoms with E-state index >= 15 is 0 Å². The van der Waals surface area contributed by atoms with E-state index in [0.717, 1.165) is 37.5 Å². The number of nitrogens with one attached hydrogen (secondary N) is 1. The molecule has 1 heterocycles. The van der Waals surface area contributed by atoms with Gasteiger partial charge in [-0.1, -0.05) is 48.5 Å². The molecule has 1 aliphatic heterocycles. The van der Waals surface area contributed by atoms with Gasteiger partial charge in [0.05, 0.1) is 10.0 Å². The largest absolute Gasteiger partial charge is 0.341 e. The van der Waals surface area contributed by atoms with Crippen molar-refractivity contribution in [1.29, 1.82) is 0 Å². The molecule has 5 nitrogen and oxygen atoms in total. The maximum Gasteiger partial charge on any atom is 0.246 e. The standard InChI is InChI=1S/C24H33Cl2N3O2/c25-21-9-7-19(17-22(21)26)8-10-23(30)29-14-11-24(31)28(15-16-29)13-4-12-27-18-20-5-2-1-3-6-20/h7-10,17,20,27H,1-6,11-16,18H2/b10-8+. The molecule has 1 N–H and O–H groups in total. The normalized spacial score (nSPS) is 18.6. The number of amides is 2. The monoisotopic (exact) mass is 465 g/mol. The smallest absolute Gasteiger partial charge is 0.246 e. The molecular weight excluding hydrogens is 433 g/mol. The summed E-state index contributed by atoms with van der Waals surface area (Å²) in [5.74, 6) is 0.871. The first-order chi connectivity index (χ1) is 15.0. The van der Waals surface area contributed by atoms with Gasteiger partial charge in [-0.2, -0.15) is 0 Å². The third-order valence-corrected chi connectivity index (χ3v) is 6.94. The number of nitrogens with zero attached hydrogens (tertiary/aromatic N) is 2. The number of carbonyl (C=O) groups is 2. The lowest BCUT2D eigenvalue weighted by molar-refractivity contribution is -0.130. The minimum atomic E-state index is -0.0881. The zero-order valence-corrected chi connectivity index (χ0v) is 19.6. The summed E-state index contributed by atoms with van der Waals surface area (Å²) in [6, 6.07) is 5.25. The Balaban J connectivity index is 1.39. The number of rotatable bonds is 8. The molecule has 0 aromatic heterocycles. The third kappa shape index (κ3) is 7.81. The highest BCUT2D eigenvalue weighted by molar-refractivity contribution is 6.42. The maximum atomic E-state index is 12.6. The predicted molar refractivity (Wildman–Crippen MR) is 127 cm³/mol. The second kappa shape index (κ2) is 12.5. The highest BCUT2D eigenvalue weighted by Gasteiger charge is 2.22. The summed E-state index contributed by atoms with van der Waals surface area (Å²) >= 11 is 12.0. The van der Waals surface area contributed by atoms with Gasteiger partial charge in [0.2, 0.25) is 11.8 Å². The summed E-state index contributed by atoms with van der Waals surface area (Å²) < 4.78 is 0. The van der Waals surface area contributed by atoms with Crippen molar-refractivity contribution >= 4 is 41.1 Å². The molecular formula is C24H33Cl2N3O2. The fourth-order valence-corrected chi connectivity index (χ4v) is 4.61. The van der Waals surface area contributed by atoms with Crippen molar-refractivity contribution in [3.63, 3.8) is 0 Å². The van der Waals surface area contributed by atoms with Gasteiger partial charge in [0.15, 0.2) is 0 Å². The Hall–Kier alpha value is -1.56. The summed E-state index contributed by atoms with van der Waals surface area (Å²) in [7, 11) is 0. The van der Waals surface area contributed by atoms with E-state index in [2.05, 4.69) is 5.32 Å². The van der Waals surface area contributed by atoms with Gasteiger partial charge in [-0.05, 0) is 62.0 Å². The fourth-order valence-electron chi connectivity index (χ4n) is 4.30. The van der Waals surface area contributed by atoms with Crippen LogP contribution in [-0.4, -0.2) is 60.9 Å². The molecule has 2 fully saturated rings. The van der Waals surface area contributed by atoms with Gasteiger partial charge < -0.3 is 15.1 Å². The van der Waals surface area contributed by atoms with Crippen LogP contribution in [-0.2, 0) is 9.59 Å². The van der Waals surface area contributed by atoms with Crippen LogP contribution in [0.1, 0.15) is 50.5 Å². The van der Waals surface area contributed by atoms with Crippen molar-refractivity contribution in [2.45, 2.75) is 44.9 Å². The van der Waals surface area contributed by atoms with Gasteiger partial charge in [-0.25, -0.2) is 0 Å². The van der Waals surface area contributed by atoms with Gasteiger partial charge >= 0.3 is 0 Å². The van der Waals surface area contributed by atoms with Crippen molar-refractivity contribution in [1.82, 2.24) is 15.1 Å². The van der Waals surface area contributed by atoms with Crippen LogP contribution in [0.2, 0.25) is 10.0 Å². The van der Waals surface area contributed by atoms with Crippen molar-refractivity contribution in [2.75, 3.05) is 39.3 Å². The van der Waals surface area contributed by atoms with Crippen LogP contribution in [0.15, 0.2) is 24.3 Å². The SMILES string of the molecule is O=C(/C=C/c1ccc(Cl)c(Cl)c1)N1CCC(=O)N(CCCNCC2CCCCC2)CC1. The average molecular weight is 466 g/mol. The Kier molecular flexibility index (Phi) is 9.69. The van der Waals surface area contributed by atoms with E-state index in [-0.39, 0.29) is 11.8 Å². The number of benzene rings is 1. The van der Waals surface area contributed by atoms with Crippen molar-refractivity contribution in [3.05, 3.63) is 39.9 Å². The molecule has 3 rings (SSSR count). The molecule has 0 radical (unpaired) electrons. The number of hydrogen-bond donors (Lipinski definition) is 1. The first kappa shape index (κ1) is 24.1. The summed E-state index contributed by atoms with van der Waals surface area (Å²) in [4.78, 5) is 28.7. The zero-order chi connectivity index (χ0) is 22.1. The summed E-state index contributed by atoms with van der Waals surface area (Å²) in [5.41, 5.74) is 0.816. The van der Waals surface area contributed by atoms with Crippen LogP contribution in [0.5, 0.6) is 0 Å². The molecule has 2 amide bonds. The van der Waals surface area contributed by atoms with Crippen LogP contribution in [0.3, 0.4) is 0 Å². The molecule has 1 saturated heterocycles. The Morgan fingerprint density at radius 3 is 2.68 bits per heavy atom. The summed E-state index contributed by atoms with van der Waals surface area (Å²) in [6.45, 7) is 4.40. The van der Waals surface area contributed by atoms with Crippen molar-refractivity contribution in [3.8, 4) is 0 Å². The van der Waals surface area contributed by atoms with Gasteiger partial charge in [0, 0.05) is 38.7 Å². The van der Waals surface area contributed by atoms with Gasteiger partial charge in [-0.3, -0.25) is 9.59 Å². The van der Waals surface area contributed by atoms with E-state index < -0.39 is 0 Å². The van der Waals surface area contributed by atoms with Crippen LogP contribution in [0.4, 0.5) is 0 Å². The summed E-state index contributed by atoms with van der Waals surface area (Å²) in [6.07, 6.45) is 11.4. The molecule has 7 heteroatoms. The van der Waals surface area contributed by atoms with Crippen LogP contribution in [0, 0.1) is 5.92 Å². The lowest BCUT2D eigenvalue weighted by Gasteiger charge is -2.23. The Morgan fingerprint density at radius 1 is 1.10 bits per heavy atom. The van der Waals surface area contributed by atoms with Crippen molar-refractivity contribution in [2.24, 2.45) is 5.92 Å².